The van der Waals surface area contributed by atoms with Gasteiger partial charge in [-0.1, -0.05) is 20.3 Å². The smallest absolute Gasteiger partial charge is 0.220 e. The van der Waals surface area contributed by atoms with Crippen molar-refractivity contribution in [1.29, 1.82) is 0 Å². The largest absolute Gasteiger partial charge is 0.341 e. The SMILES string of the molecule is CCCCNCCCC(N)NC(=O)CC. The quantitative estimate of drug-likeness (QED) is 0.396. The van der Waals surface area contributed by atoms with Crippen LogP contribution in [0.25, 0.3) is 0 Å². The van der Waals surface area contributed by atoms with Gasteiger partial charge in [0.2, 0.25) is 5.91 Å². The second-order valence-electron chi connectivity index (χ2n) is 3.77. The Hall–Kier alpha value is -0.610. The van der Waals surface area contributed by atoms with Gasteiger partial charge in [0, 0.05) is 6.42 Å². The van der Waals surface area contributed by atoms with Gasteiger partial charge in [0.15, 0.2) is 0 Å². The lowest BCUT2D eigenvalue weighted by molar-refractivity contribution is -0.121. The van der Waals surface area contributed by atoms with E-state index in [9.17, 15) is 4.79 Å². The number of carbonyl (C=O) groups is 1. The maximum atomic E-state index is 11.0. The summed E-state index contributed by atoms with van der Waals surface area (Å²) in [6.07, 6.45) is 4.60. The van der Waals surface area contributed by atoms with E-state index >= 15 is 0 Å². The summed E-state index contributed by atoms with van der Waals surface area (Å²) < 4.78 is 0. The number of nitrogens with two attached hydrogens (primary N) is 1. The summed E-state index contributed by atoms with van der Waals surface area (Å²) in [5, 5.41) is 6.08. The van der Waals surface area contributed by atoms with E-state index in [1.807, 2.05) is 6.92 Å². The number of hydrogen-bond donors (Lipinski definition) is 3. The Kier molecular flexibility index (Phi) is 9.52. The fraction of sp³-hybridized carbons (Fsp3) is 0.909. The first-order valence-electron chi connectivity index (χ1n) is 5.96. The third kappa shape index (κ3) is 9.69. The Bertz CT molecular complexity index is 162. The van der Waals surface area contributed by atoms with Gasteiger partial charge >= 0.3 is 0 Å². The van der Waals surface area contributed by atoms with Crippen LogP contribution in [0.15, 0.2) is 0 Å². The van der Waals surface area contributed by atoms with E-state index in [0.717, 1.165) is 25.9 Å². The van der Waals surface area contributed by atoms with Crippen molar-refractivity contribution in [2.75, 3.05) is 13.1 Å². The molecule has 0 spiro atoms. The number of rotatable bonds is 9. The number of unbranched alkanes of at least 4 members (excludes halogenated alkanes) is 1. The first-order chi connectivity index (χ1) is 7.20. The second-order valence-corrected chi connectivity index (χ2v) is 3.77. The summed E-state index contributed by atoms with van der Waals surface area (Å²) in [4.78, 5) is 11.0. The van der Waals surface area contributed by atoms with Crippen molar-refractivity contribution < 1.29 is 4.79 Å². The van der Waals surface area contributed by atoms with E-state index in [1.165, 1.54) is 12.8 Å². The normalized spacial score (nSPS) is 12.5. The van der Waals surface area contributed by atoms with Crippen LogP contribution in [0.2, 0.25) is 0 Å². The van der Waals surface area contributed by atoms with Gasteiger partial charge in [-0.25, -0.2) is 0 Å². The summed E-state index contributed by atoms with van der Waals surface area (Å²) >= 11 is 0. The molecule has 0 aromatic rings. The molecule has 0 radical (unpaired) electrons. The van der Waals surface area contributed by atoms with Crippen LogP contribution in [0.1, 0.15) is 46.0 Å². The van der Waals surface area contributed by atoms with Crippen molar-refractivity contribution in [2.24, 2.45) is 5.73 Å². The molecule has 0 aliphatic carbocycles. The Morgan fingerprint density at radius 3 is 2.53 bits per heavy atom. The summed E-state index contributed by atoms with van der Waals surface area (Å²) in [5.41, 5.74) is 5.73. The molecule has 0 aliphatic rings. The molecule has 0 aromatic carbocycles. The van der Waals surface area contributed by atoms with Crippen molar-refractivity contribution in [3.8, 4) is 0 Å². The molecule has 0 heterocycles. The predicted octanol–water partition coefficient (Wildman–Crippen LogP) is 0.967. The molecule has 4 heteroatoms. The molecule has 0 aromatic heterocycles. The van der Waals surface area contributed by atoms with E-state index in [0.29, 0.717) is 6.42 Å². The Balaban J connectivity index is 3.23. The van der Waals surface area contributed by atoms with Gasteiger partial charge in [-0.3, -0.25) is 4.79 Å². The van der Waals surface area contributed by atoms with Gasteiger partial charge in [0.05, 0.1) is 6.17 Å². The topological polar surface area (TPSA) is 67.2 Å². The molecule has 1 amide bonds. The zero-order chi connectivity index (χ0) is 11.5. The molecule has 0 saturated carbocycles. The predicted molar refractivity (Wildman–Crippen MR) is 63.4 cm³/mol. The van der Waals surface area contributed by atoms with E-state index in [1.54, 1.807) is 0 Å². The summed E-state index contributed by atoms with van der Waals surface area (Å²) in [7, 11) is 0. The summed E-state index contributed by atoms with van der Waals surface area (Å²) in [6, 6.07) is 0. The van der Waals surface area contributed by atoms with Gasteiger partial charge in [-0.2, -0.15) is 0 Å². The van der Waals surface area contributed by atoms with E-state index in [2.05, 4.69) is 17.6 Å². The third-order valence-corrected chi connectivity index (χ3v) is 2.24. The lowest BCUT2D eigenvalue weighted by Gasteiger charge is -2.13. The number of nitrogens with one attached hydrogen (secondary N) is 2. The first kappa shape index (κ1) is 14.4. The van der Waals surface area contributed by atoms with Crippen LogP contribution < -0.4 is 16.4 Å². The third-order valence-electron chi connectivity index (χ3n) is 2.24. The molecule has 0 fully saturated rings. The number of carbonyl (C=O) groups excluding carboxylic acids is 1. The molecule has 4 N–H and O–H groups in total. The highest BCUT2D eigenvalue weighted by Gasteiger charge is 2.04. The van der Waals surface area contributed by atoms with Crippen molar-refractivity contribution in [2.45, 2.75) is 52.1 Å². The summed E-state index contributed by atoms with van der Waals surface area (Å²) in [6.45, 7) is 6.06. The van der Waals surface area contributed by atoms with Gasteiger partial charge in [-0.15, -0.1) is 0 Å². The highest BCUT2D eigenvalue weighted by molar-refractivity contribution is 5.75. The Morgan fingerprint density at radius 2 is 1.93 bits per heavy atom. The Morgan fingerprint density at radius 1 is 1.27 bits per heavy atom. The van der Waals surface area contributed by atoms with Gasteiger partial charge in [0.25, 0.3) is 0 Å². The molecular weight excluding hydrogens is 190 g/mol. The standard InChI is InChI=1S/C11H25N3O/c1-3-5-8-13-9-6-7-10(12)14-11(15)4-2/h10,13H,3-9,12H2,1-2H3,(H,14,15). The van der Waals surface area contributed by atoms with Crippen molar-refractivity contribution >= 4 is 5.91 Å². The molecule has 0 saturated heterocycles. The van der Waals surface area contributed by atoms with Gasteiger partial charge in [0.1, 0.15) is 0 Å². The molecule has 1 unspecified atom stereocenters. The van der Waals surface area contributed by atoms with E-state index < -0.39 is 0 Å². The van der Waals surface area contributed by atoms with Crippen LogP contribution in [0.5, 0.6) is 0 Å². The zero-order valence-electron chi connectivity index (χ0n) is 10.0. The lowest BCUT2D eigenvalue weighted by atomic mass is 10.2. The van der Waals surface area contributed by atoms with Crippen molar-refractivity contribution in [1.82, 2.24) is 10.6 Å². The Labute approximate surface area is 93.0 Å². The van der Waals surface area contributed by atoms with Gasteiger partial charge < -0.3 is 16.4 Å². The van der Waals surface area contributed by atoms with Gasteiger partial charge in [-0.05, 0) is 32.4 Å². The second kappa shape index (κ2) is 9.93. The maximum Gasteiger partial charge on any atom is 0.220 e. The van der Waals surface area contributed by atoms with Crippen molar-refractivity contribution in [3.05, 3.63) is 0 Å². The van der Waals surface area contributed by atoms with E-state index in [-0.39, 0.29) is 12.1 Å². The lowest BCUT2D eigenvalue weighted by Crippen LogP contribution is -2.41. The van der Waals surface area contributed by atoms with Crippen molar-refractivity contribution in [3.63, 3.8) is 0 Å². The molecule has 4 nitrogen and oxygen atoms in total. The van der Waals surface area contributed by atoms with Crippen LogP contribution in [0.3, 0.4) is 0 Å². The molecule has 1 atom stereocenters. The molecule has 0 rings (SSSR count). The zero-order valence-corrected chi connectivity index (χ0v) is 10.0. The van der Waals surface area contributed by atoms with Crippen LogP contribution in [0, 0.1) is 0 Å². The highest BCUT2D eigenvalue weighted by Crippen LogP contribution is 1.91. The van der Waals surface area contributed by atoms with Crippen LogP contribution in [-0.4, -0.2) is 25.2 Å². The summed E-state index contributed by atoms with van der Waals surface area (Å²) in [5.74, 6) is 0.0291. The molecule has 0 aliphatic heterocycles. The monoisotopic (exact) mass is 215 g/mol. The minimum atomic E-state index is -0.189. The maximum absolute atomic E-state index is 11.0. The molecule has 90 valence electrons. The van der Waals surface area contributed by atoms with Crippen LogP contribution in [-0.2, 0) is 4.79 Å². The average molecular weight is 215 g/mol. The minimum Gasteiger partial charge on any atom is -0.341 e. The number of hydrogen-bond acceptors (Lipinski definition) is 3. The van der Waals surface area contributed by atoms with Crippen LogP contribution >= 0.6 is 0 Å². The highest BCUT2D eigenvalue weighted by atomic mass is 16.1. The van der Waals surface area contributed by atoms with E-state index in [4.69, 9.17) is 5.73 Å². The van der Waals surface area contributed by atoms with Crippen LogP contribution in [0.4, 0.5) is 0 Å². The molecule has 15 heavy (non-hydrogen) atoms. The fourth-order valence-corrected chi connectivity index (χ4v) is 1.25. The minimum absolute atomic E-state index is 0.0291. The molecular formula is C11H25N3O. The fourth-order valence-electron chi connectivity index (χ4n) is 1.25. The number of amides is 1. The first-order valence-corrected chi connectivity index (χ1v) is 5.96. The average Bonchev–Trinajstić information content (AvgIpc) is 2.23. The molecule has 0 bridgehead atoms.